The number of amides is 1. The Balaban J connectivity index is 1.90. The molecule has 1 aromatic carbocycles. The number of hydrogen-bond donors (Lipinski definition) is 1. The van der Waals surface area contributed by atoms with Crippen LogP contribution in [0, 0.1) is 6.92 Å². The predicted molar refractivity (Wildman–Crippen MR) is 105 cm³/mol. The molecule has 7 heteroatoms. The molecule has 0 saturated carbocycles. The van der Waals surface area contributed by atoms with E-state index in [0.29, 0.717) is 5.52 Å². The van der Waals surface area contributed by atoms with Gasteiger partial charge in [0.2, 0.25) is 5.91 Å². The van der Waals surface area contributed by atoms with Gasteiger partial charge in [-0.3, -0.25) is 23.9 Å². The fourth-order valence-electron chi connectivity index (χ4n) is 3.13. The van der Waals surface area contributed by atoms with Crippen LogP contribution in [0.5, 0.6) is 0 Å². The molecule has 0 aliphatic heterocycles. The summed E-state index contributed by atoms with van der Waals surface area (Å²) in [6.45, 7) is 2.03. The second-order valence-corrected chi connectivity index (χ2v) is 6.58. The molecule has 0 bridgehead atoms. The van der Waals surface area contributed by atoms with Gasteiger partial charge in [0.25, 0.3) is 5.56 Å². The molecule has 7 nitrogen and oxygen atoms in total. The van der Waals surface area contributed by atoms with Crippen molar-refractivity contribution in [1.82, 2.24) is 14.5 Å². The third-order valence-corrected chi connectivity index (χ3v) is 4.59. The van der Waals surface area contributed by atoms with Gasteiger partial charge in [0.15, 0.2) is 0 Å². The minimum atomic E-state index is -0.981. The van der Waals surface area contributed by atoms with Crippen LogP contribution in [0.4, 0.5) is 0 Å². The predicted octanol–water partition coefficient (Wildman–Crippen LogP) is 2.21. The lowest BCUT2D eigenvalue weighted by Crippen LogP contribution is -2.37. The van der Waals surface area contributed by atoms with Crippen molar-refractivity contribution in [2.45, 2.75) is 26.4 Å². The first-order valence-electron chi connectivity index (χ1n) is 8.93. The van der Waals surface area contributed by atoms with Crippen molar-refractivity contribution < 1.29 is 14.7 Å². The molecule has 3 aromatic rings. The van der Waals surface area contributed by atoms with Gasteiger partial charge in [-0.1, -0.05) is 18.2 Å². The topological polar surface area (TPSA) is 92.5 Å². The van der Waals surface area contributed by atoms with E-state index in [0.717, 1.165) is 16.5 Å². The third kappa shape index (κ3) is 4.43. The summed E-state index contributed by atoms with van der Waals surface area (Å²) in [5.74, 6) is -1.29. The van der Waals surface area contributed by atoms with E-state index in [1.54, 1.807) is 24.5 Å². The summed E-state index contributed by atoms with van der Waals surface area (Å²) in [5, 5.41) is 9.92. The van der Waals surface area contributed by atoms with E-state index in [9.17, 15) is 14.4 Å². The number of pyridine rings is 2. The zero-order valence-corrected chi connectivity index (χ0v) is 15.5. The maximum absolute atomic E-state index is 13.0. The molecule has 1 amide bonds. The molecule has 2 heterocycles. The Hall–Kier alpha value is -3.48. The quantitative estimate of drug-likeness (QED) is 0.679. The van der Waals surface area contributed by atoms with Crippen LogP contribution < -0.4 is 5.56 Å². The first-order valence-corrected chi connectivity index (χ1v) is 8.93. The lowest BCUT2D eigenvalue weighted by atomic mass is 10.1. The molecule has 0 aliphatic carbocycles. The van der Waals surface area contributed by atoms with Gasteiger partial charge in [-0.2, -0.15) is 0 Å². The van der Waals surface area contributed by atoms with E-state index in [1.165, 1.54) is 15.5 Å². The SMILES string of the molecule is Cc1cc(=O)n(CC(=O)N(CCC(=O)O)Cc2ccncc2)c2ccccc12. The molecule has 1 N–H and O–H groups in total. The maximum atomic E-state index is 13.0. The largest absolute Gasteiger partial charge is 0.481 e. The number of aromatic nitrogens is 2. The average molecular weight is 379 g/mol. The lowest BCUT2D eigenvalue weighted by molar-refractivity contribution is -0.138. The van der Waals surface area contributed by atoms with E-state index in [2.05, 4.69) is 4.98 Å². The molecule has 0 saturated heterocycles. The van der Waals surface area contributed by atoms with Gasteiger partial charge in [-0.05, 0) is 36.2 Å². The number of para-hydroxylation sites is 1. The molecular formula is C21H21N3O4. The molecule has 0 atom stereocenters. The molecule has 0 unspecified atom stereocenters. The van der Waals surface area contributed by atoms with Crippen molar-refractivity contribution >= 4 is 22.8 Å². The van der Waals surface area contributed by atoms with Crippen molar-refractivity contribution in [3.63, 3.8) is 0 Å². The van der Waals surface area contributed by atoms with Crippen LogP contribution in [0.3, 0.4) is 0 Å². The van der Waals surface area contributed by atoms with Gasteiger partial charge in [-0.25, -0.2) is 0 Å². The minimum Gasteiger partial charge on any atom is -0.481 e. The Kier molecular flexibility index (Phi) is 5.84. The van der Waals surface area contributed by atoms with Gasteiger partial charge >= 0.3 is 5.97 Å². The Labute approximate surface area is 161 Å². The Morgan fingerprint density at radius 3 is 2.57 bits per heavy atom. The van der Waals surface area contributed by atoms with Crippen LogP contribution >= 0.6 is 0 Å². The van der Waals surface area contributed by atoms with E-state index in [-0.39, 0.29) is 37.5 Å². The first-order chi connectivity index (χ1) is 13.5. The van der Waals surface area contributed by atoms with Crippen molar-refractivity contribution in [1.29, 1.82) is 0 Å². The smallest absolute Gasteiger partial charge is 0.305 e. The molecule has 2 aromatic heterocycles. The van der Waals surface area contributed by atoms with Crippen molar-refractivity contribution in [3.8, 4) is 0 Å². The highest BCUT2D eigenvalue weighted by Gasteiger charge is 2.18. The van der Waals surface area contributed by atoms with Gasteiger partial charge in [0.05, 0.1) is 11.9 Å². The number of aryl methyl sites for hydroxylation is 1. The molecule has 0 fully saturated rings. The molecule has 28 heavy (non-hydrogen) atoms. The summed E-state index contributed by atoms with van der Waals surface area (Å²) in [7, 11) is 0. The maximum Gasteiger partial charge on any atom is 0.305 e. The summed E-state index contributed by atoms with van der Waals surface area (Å²) in [6.07, 6.45) is 3.07. The fourth-order valence-corrected chi connectivity index (χ4v) is 3.13. The third-order valence-electron chi connectivity index (χ3n) is 4.59. The van der Waals surface area contributed by atoms with E-state index in [4.69, 9.17) is 5.11 Å². The van der Waals surface area contributed by atoms with Crippen molar-refractivity contribution in [2.75, 3.05) is 6.54 Å². The molecule has 0 aliphatic rings. The summed E-state index contributed by atoms with van der Waals surface area (Å²) >= 11 is 0. The molecule has 144 valence electrons. The standard InChI is InChI=1S/C21H21N3O4/c1-15-12-19(25)24(18-5-3-2-4-17(15)18)14-20(26)23(11-8-21(27)28)13-16-6-9-22-10-7-16/h2-7,9-10,12H,8,11,13-14H2,1H3,(H,27,28). The van der Waals surface area contributed by atoms with Crippen molar-refractivity contribution in [3.05, 3.63) is 76.3 Å². The number of carbonyl (C=O) groups excluding carboxylic acids is 1. The number of carboxylic acid groups (broad SMARTS) is 1. The van der Waals surface area contributed by atoms with Gasteiger partial charge in [0, 0.05) is 36.9 Å². The average Bonchev–Trinajstić information content (AvgIpc) is 2.69. The number of nitrogens with zero attached hydrogens (tertiary/aromatic N) is 3. The minimum absolute atomic E-state index is 0.0645. The number of carbonyl (C=O) groups is 2. The van der Waals surface area contributed by atoms with Crippen LogP contribution in [0.15, 0.2) is 59.7 Å². The van der Waals surface area contributed by atoms with Gasteiger partial charge < -0.3 is 10.0 Å². The second-order valence-electron chi connectivity index (χ2n) is 6.58. The molecular weight excluding hydrogens is 358 g/mol. The van der Waals surface area contributed by atoms with Crippen LogP contribution in [0.25, 0.3) is 10.9 Å². The van der Waals surface area contributed by atoms with Crippen LogP contribution in [-0.2, 0) is 22.7 Å². The highest BCUT2D eigenvalue weighted by Crippen LogP contribution is 2.16. The van der Waals surface area contributed by atoms with Gasteiger partial charge in [-0.15, -0.1) is 0 Å². The number of aliphatic carboxylic acids is 1. The molecule has 0 spiro atoms. The van der Waals surface area contributed by atoms with E-state index in [1.807, 2.05) is 31.2 Å². The van der Waals surface area contributed by atoms with Crippen LogP contribution in [-0.4, -0.2) is 38.0 Å². The number of rotatable bonds is 7. The summed E-state index contributed by atoms with van der Waals surface area (Å²) in [5.41, 5.74) is 2.12. The monoisotopic (exact) mass is 379 g/mol. The Morgan fingerprint density at radius 2 is 1.86 bits per heavy atom. The normalized spacial score (nSPS) is 10.8. The zero-order valence-electron chi connectivity index (χ0n) is 15.5. The summed E-state index contributed by atoms with van der Waals surface area (Å²) in [6, 6.07) is 12.5. The van der Waals surface area contributed by atoms with Crippen LogP contribution in [0.1, 0.15) is 17.5 Å². The molecule has 3 rings (SSSR count). The van der Waals surface area contributed by atoms with Crippen LogP contribution in [0.2, 0.25) is 0 Å². The lowest BCUT2D eigenvalue weighted by Gasteiger charge is -2.23. The zero-order chi connectivity index (χ0) is 20.1. The highest BCUT2D eigenvalue weighted by molar-refractivity contribution is 5.84. The van der Waals surface area contributed by atoms with Crippen molar-refractivity contribution in [2.24, 2.45) is 0 Å². The van der Waals surface area contributed by atoms with Gasteiger partial charge in [0.1, 0.15) is 6.54 Å². The Morgan fingerprint density at radius 1 is 1.14 bits per heavy atom. The number of carboxylic acids is 1. The molecule has 0 radical (unpaired) electrons. The number of fused-ring (bicyclic) bond motifs is 1. The summed E-state index contributed by atoms with van der Waals surface area (Å²) < 4.78 is 1.44. The Bertz CT molecular complexity index is 1060. The second kappa shape index (κ2) is 8.47. The fraction of sp³-hybridized carbons (Fsp3) is 0.238. The van der Waals surface area contributed by atoms with E-state index < -0.39 is 5.97 Å². The first kappa shape index (κ1) is 19.3. The highest BCUT2D eigenvalue weighted by atomic mass is 16.4. The summed E-state index contributed by atoms with van der Waals surface area (Å²) in [4.78, 5) is 41.9. The number of benzene rings is 1. The number of hydrogen-bond acceptors (Lipinski definition) is 4. The van der Waals surface area contributed by atoms with E-state index >= 15 is 0 Å².